The second kappa shape index (κ2) is 5.07. The van der Waals surface area contributed by atoms with Gasteiger partial charge in [-0.3, -0.25) is 0 Å². The fourth-order valence-electron chi connectivity index (χ4n) is 0.867. The van der Waals surface area contributed by atoms with Gasteiger partial charge in [0.25, 0.3) is 0 Å². The molecule has 1 N–H and O–H groups in total. The molecule has 0 unspecified atom stereocenters. The molecule has 6 heteroatoms. The van der Waals surface area contributed by atoms with Crippen LogP contribution >= 0.6 is 11.6 Å². The average Bonchev–Trinajstić information content (AvgIpc) is 2.10. The van der Waals surface area contributed by atoms with Crippen LogP contribution in [0.2, 0.25) is 5.28 Å². The molecule has 0 aromatic carbocycles. The monoisotopic (exact) mass is 218 g/mol. The lowest BCUT2D eigenvalue weighted by molar-refractivity contribution is 0.424. The third kappa shape index (κ3) is 3.43. The number of aromatic nitrogens is 2. The van der Waals surface area contributed by atoms with Gasteiger partial charge in [0, 0.05) is 13.1 Å². The molecule has 1 heterocycles. The highest BCUT2D eigenvalue weighted by molar-refractivity contribution is 6.28. The van der Waals surface area contributed by atoms with Gasteiger partial charge in [-0.15, -0.1) is 0 Å². The smallest absolute Gasteiger partial charge is 0.224 e. The van der Waals surface area contributed by atoms with Crippen LogP contribution in [0.3, 0.4) is 0 Å². The Hall–Kier alpha value is -0.940. The minimum absolute atomic E-state index is 0.0405. The lowest BCUT2D eigenvalue weighted by Gasteiger charge is -2.10. The molecule has 78 valence electrons. The van der Waals surface area contributed by atoms with Gasteiger partial charge in [-0.2, -0.15) is 4.98 Å². The zero-order chi connectivity index (χ0) is 10.6. The van der Waals surface area contributed by atoms with E-state index in [0.717, 1.165) is 12.7 Å². The SMILES string of the molecule is CN(C)CCNc1nc(Cl)ncc1F. The summed E-state index contributed by atoms with van der Waals surface area (Å²) < 4.78 is 13.0. The summed E-state index contributed by atoms with van der Waals surface area (Å²) in [6.45, 7) is 1.40. The van der Waals surface area contributed by atoms with Gasteiger partial charge >= 0.3 is 0 Å². The van der Waals surface area contributed by atoms with Crippen LogP contribution in [0.1, 0.15) is 0 Å². The highest BCUT2D eigenvalue weighted by Crippen LogP contribution is 2.11. The molecule has 4 nitrogen and oxygen atoms in total. The Kier molecular flexibility index (Phi) is 4.03. The van der Waals surface area contributed by atoms with Crippen LogP contribution in [0.4, 0.5) is 10.2 Å². The number of nitrogens with one attached hydrogen (secondary N) is 1. The first kappa shape index (κ1) is 11.1. The number of nitrogens with zero attached hydrogens (tertiary/aromatic N) is 3. The lowest BCUT2D eigenvalue weighted by atomic mass is 10.5. The van der Waals surface area contributed by atoms with Crippen LogP contribution in [-0.4, -0.2) is 42.1 Å². The van der Waals surface area contributed by atoms with Crippen molar-refractivity contribution in [1.82, 2.24) is 14.9 Å². The summed E-state index contributed by atoms with van der Waals surface area (Å²) in [5, 5.41) is 2.87. The molecule has 0 bridgehead atoms. The minimum Gasteiger partial charge on any atom is -0.366 e. The molecule has 0 saturated heterocycles. The van der Waals surface area contributed by atoms with E-state index in [1.807, 2.05) is 19.0 Å². The Morgan fingerprint density at radius 3 is 2.93 bits per heavy atom. The summed E-state index contributed by atoms with van der Waals surface area (Å²) in [4.78, 5) is 9.21. The van der Waals surface area contributed by atoms with Crippen LogP contribution in [0.5, 0.6) is 0 Å². The molecular formula is C8H12ClFN4. The summed E-state index contributed by atoms with van der Waals surface area (Å²) in [7, 11) is 3.87. The quantitative estimate of drug-likeness (QED) is 0.773. The van der Waals surface area contributed by atoms with Gasteiger partial charge in [-0.25, -0.2) is 9.37 Å². The van der Waals surface area contributed by atoms with Gasteiger partial charge in [0.15, 0.2) is 11.6 Å². The lowest BCUT2D eigenvalue weighted by Crippen LogP contribution is -2.21. The van der Waals surface area contributed by atoms with E-state index in [1.165, 1.54) is 0 Å². The first-order chi connectivity index (χ1) is 6.59. The maximum atomic E-state index is 13.0. The van der Waals surface area contributed by atoms with E-state index < -0.39 is 5.82 Å². The van der Waals surface area contributed by atoms with Crippen molar-refractivity contribution < 1.29 is 4.39 Å². The molecule has 0 amide bonds. The van der Waals surface area contributed by atoms with E-state index in [2.05, 4.69) is 15.3 Å². The Morgan fingerprint density at radius 2 is 2.29 bits per heavy atom. The van der Waals surface area contributed by atoms with E-state index in [9.17, 15) is 4.39 Å². The second-order valence-electron chi connectivity index (χ2n) is 3.07. The molecule has 1 aromatic rings. The summed E-state index contributed by atoms with van der Waals surface area (Å²) in [5.74, 6) is -0.347. The number of hydrogen-bond acceptors (Lipinski definition) is 4. The van der Waals surface area contributed by atoms with E-state index in [-0.39, 0.29) is 11.1 Å². The fraction of sp³-hybridized carbons (Fsp3) is 0.500. The van der Waals surface area contributed by atoms with Gasteiger partial charge in [-0.1, -0.05) is 0 Å². The number of halogens is 2. The minimum atomic E-state index is -0.492. The zero-order valence-corrected chi connectivity index (χ0v) is 8.85. The third-order valence-electron chi connectivity index (χ3n) is 1.57. The Balaban J connectivity index is 2.53. The van der Waals surface area contributed by atoms with Gasteiger partial charge in [-0.05, 0) is 25.7 Å². The summed E-state index contributed by atoms with van der Waals surface area (Å²) >= 11 is 5.52. The molecule has 0 atom stereocenters. The first-order valence-electron chi connectivity index (χ1n) is 4.16. The first-order valence-corrected chi connectivity index (χ1v) is 4.54. The van der Waals surface area contributed by atoms with Crippen molar-refractivity contribution in [3.8, 4) is 0 Å². The molecule has 0 fully saturated rings. The van der Waals surface area contributed by atoms with Crippen LogP contribution in [-0.2, 0) is 0 Å². The molecular weight excluding hydrogens is 207 g/mol. The second-order valence-corrected chi connectivity index (χ2v) is 3.40. The van der Waals surface area contributed by atoms with Crippen molar-refractivity contribution in [2.75, 3.05) is 32.5 Å². The number of likely N-dealkylation sites (N-methyl/N-ethyl adjacent to an activating group) is 1. The third-order valence-corrected chi connectivity index (χ3v) is 1.75. The van der Waals surface area contributed by atoms with E-state index >= 15 is 0 Å². The van der Waals surface area contributed by atoms with Gasteiger partial charge < -0.3 is 10.2 Å². The number of hydrogen-bond donors (Lipinski definition) is 1. The molecule has 0 radical (unpaired) electrons. The summed E-state index contributed by atoms with van der Waals surface area (Å²) in [6.07, 6.45) is 1.05. The Bertz CT molecular complexity index is 305. The molecule has 1 rings (SSSR count). The number of rotatable bonds is 4. The van der Waals surface area contributed by atoms with Crippen molar-refractivity contribution in [2.45, 2.75) is 0 Å². The van der Waals surface area contributed by atoms with Crippen LogP contribution in [0.15, 0.2) is 6.20 Å². The maximum absolute atomic E-state index is 13.0. The fourth-order valence-corrected chi connectivity index (χ4v) is 1.00. The van der Waals surface area contributed by atoms with Crippen molar-refractivity contribution in [3.05, 3.63) is 17.3 Å². The normalized spacial score (nSPS) is 10.6. The highest BCUT2D eigenvalue weighted by atomic mass is 35.5. The molecule has 0 aliphatic heterocycles. The van der Waals surface area contributed by atoms with E-state index in [1.54, 1.807) is 0 Å². The van der Waals surface area contributed by atoms with Crippen LogP contribution in [0, 0.1) is 5.82 Å². The van der Waals surface area contributed by atoms with Crippen molar-refractivity contribution in [2.24, 2.45) is 0 Å². The Labute approximate surface area is 87.1 Å². The zero-order valence-electron chi connectivity index (χ0n) is 8.09. The van der Waals surface area contributed by atoms with Crippen molar-refractivity contribution in [1.29, 1.82) is 0 Å². The standard InChI is InChI=1S/C8H12ClFN4/c1-14(2)4-3-11-7-6(10)5-12-8(9)13-7/h5H,3-4H2,1-2H3,(H,11,12,13). The summed E-state index contributed by atoms with van der Waals surface area (Å²) in [5.41, 5.74) is 0. The van der Waals surface area contributed by atoms with E-state index in [0.29, 0.717) is 6.54 Å². The number of anilines is 1. The van der Waals surface area contributed by atoms with Crippen molar-refractivity contribution >= 4 is 17.4 Å². The molecule has 0 aliphatic carbocycles. The maximum Gasteiger partial charge on any atom is 0.224 e. The molecule has 1 aromatic heterocycles. The Morgan fingerprint density at radius 1 is 1.57 bits per heavy atom. The van der Waals surface area contributed by atoms with Crippen LogP contribution in [0.25, 0.3) is 0 Å². The van der Waals surface area contributed by atoms with Crippen LogP contribution < -0.4 is 5.32 Å². The van der Waals surface area contributed by atoms with Gasteiger partial charge in [0.1, 0.15) is 0 Å². The van der Waals surface area contributed by atoms with Gasteiger partial charge in [0.05, 0.1) is 6.20 Å². The van der Waals surface area contributed by atoms with Crippen molar-refractivity contribution in [3.63, 3.8) is 0 Å². The summed E-state index contributed by atoms with van der Waals surface area (Å²) in [6, 6.07) is 0. The molecule has 0 saturated carbocycles. The molecule has 0 spiro atoms. The van der Waals surface area contributed by atoms with E-state index in [4.69, 9.17) is 11.6 Å². The largest absolute Gasteiger partial charge is 0.366 e. The predicted octanol–water partition coefficient (Wildman–Crippen LogP) is 1.24. The van der Waals surface area contributed by atoms with Gasteiger partial charge in [0.2, 0.25) is 5.28 Å². The predicted molar refractivity (Wildman–Crippen MR) is 54.0 cm³/mol. The highest BCUT2D eigenvalue weighted by Gasteiger charge is 2.04. The molecule has 0 aliphatic rings. The average molecular weight is 219 g/mol. The topological polar surface area (TPSA) is 41.0 Å². The molecule has 14 heavy (non-hydrogen) atoms.